The zero-order chi connectivity index (χ0) is 25.4. The van der Waals surface area contributed by atoms with Crippen LogP contribution in [-0.4, -0.2) is 43.9 Å². The van der Waals surface area contributed by atoms with Crippen LogP contribution in [0.25, 0.3) is 11.5 Å². The lowest BCUT2D eigenvalue weighted by Gasteiger charge is -2.15. The number of nitrogens with zero attached hydrogens (tertiary/aromatic N) is 2. The summed E-state index contributed by atoms with van der Waals surface area (Å²) in [4.78, 5) is 15.0. The van der Waals surface area contributed by atoms with Gasteiger partial charge in [0, 0.05) is 24.2 Å². The van der Waals surface area contributed by atoms with E-state index in [1.54, 1.807) is 34.1 Å². The molecule has 3 aromatic rings. The van der Waals surface area contributed by atoms with Crippen LogP contribution >= 0.6 is 7.60 Å². The number of ether oxygens (including phenoxy) is 2. The Morgan fingerprint density at radius 1 is 1.06 bits per heavy atom. The van der Waals surface area contributed by atoms with Crippen molar-refractivity contribution in [3.05, 3.63) is 58.1 Å². The monoisotopic (exact) mass is 505 g/mol. The van der Waals surface area contributed by atoms with Crippen molar-refractivity contribution in [2.24, 2.45) is 0 Å². The largest absolute Gasteiger partial charge is 0.493 e. The number of anilines is 1. The normalized spacial score (nSPS) is 11.3. The van der Waals surface area contributed by atoms with Gasteiger partial charge >= 0.3 is 7.60 Å². The summed E-state index contributed by atoms with van der Waals surface area (Å²) in [6.07, 6.45) is 0.570. The molecule has 0 atom stereocenters. The van der Waals surface area contributed by atoms with Crippen LogP contribution in [0.4, 0.5) is 11.6 Å². The minimum atomic E-state index is -3.81. The maximum Gasteiger partial charge on any atom is 0.385 e. The Morgan fingerprint density at radius 3 is 2.40 bits per heavy atom. The van der Waals surface area contributed by atoms with Gasteiger partial charge in [0.15, 0.2) is 11.5 Å². The van der Waals surface area contributed by atoms with E-state index in [-0.39, 0.29) is 36.1 Å². The van der Waals surface area contributed by atoms with E-state index < -0.39 is 12.5 Å². The first-order chi connectivity index (χ1) is 16.8. The van der Waals surface area contributed by atoms with Gasteiger partial charge in [-0.05, 0) is 44.0 Å². The van der Waals surface area contributed by atoms with E-state index >= 15 is 0 Å². The van der Waals surface area contributed by atoms with E-state index in [4.69, 9.17) is 22.9 Å². The molecule has 3 rings (SSSR count). The van der Waals surface area contributed by atoms with Crippen molar-refractivity contribution < 1.29 is 32.4 Å². The average molecular weight is 505 g/mol. The van der Waals surface area contributed by atoms with Crippen molar-refractivity contribution in [2.45, 2.75) is 20.3 Å². The summed E-state index contributed by atoms with van der Waals surface area (Å²) in [7, 11) is -0.681. The fraction of sp³-hybridized carbons (Fsp3) is 0.348. The smallest absolute Gasteiger partial charge is 0.385 e. The van der Waals surface area contributed by atoms with Gasteiger partial charge in [-0.3, -0.25) is 14.7 Å². The Hall–Kier alpha value is -3.40. The molecule has 2 aromatic carbocycles. The molecule has 0 spiro atoms. The summed E-state index contributed by atoms with van der Waals surface area (Å²) >= 11 is 0. The molecular formula is C23H28N3O8P. The summed E-state index contributed by atoms with van der Waals surface area (Å²) < 4.78 is 40.9. The molecule has 35 heavy (non-hydrogen) atoms. The van der Waals surface area contributed by atoms with Crippen molar-refractivity contribution in [1.29, 1.82) is 0 Å². The molecule has 12 heteroatoms. The Bertz CT molecular complexity index is 1200. The number of non-ortho nitro benzene ring substituents is 1. The fourth-order valence-corrected chi connectivity index (χ4v) is 4.93. The van der Waals surface area contributed by atoms with E-state index in [1.807, 2.05) is 18.2 Å². The summed E-state index contributed by atoms with van der Waals surface area (Å²) in [5.74, 6) is 1.39. The molecule has 11 nitrogen and oxygen atoms in total. The number of hydrogen-bond acceptors (Lipinski definition) is 10. The van der Waals surface area contributed by atoms with Crippen molar-refractivity contribution in [1.82, 2.24) is 4.98 Å². The average Bonchev–Trinajstić information content (AvgIpc) is 3.29. The molecular weight excluding hydrogens is 477 g/mol. The van der Waals surface area contributed by atoms with E-state index in [1.165, 1.54) is 18.2 Å². The van der Waals surface area contributed by atoms with Crippen LogP contribution in [0.3, 0.4) is 0 Å². The molecule has 188 valence electrons. The van der Waals surface area contributed by atoms with Gasteiger partial charge in [0.05, 0.1) is 32.4 Å². The summed E-state index contributed by atoms with van der Waals surface area (Å²) in [5.41, 5.74) is 1.18. The van der Waals surface area contributed by atoms with E-state index in [0.29, 0.717) is 30.0 Å². The highest BCUT2D eigenvalue weighted by atomic mass is 31.2. The number of rotatable bonds is 13. The summed E-state index contributed by atoms with van der Waals surface area (Å²) in [6.45, 7) is 4.03. The third kappa shape index (κ3) is 6.19. The number of nitrogens with one attached hydrogen (secondary N) is 1. The minimum Gasteiger partial charge on any atom is -0.493 e. The van der Waals surface area contributed by atoms with Crippen LogP contribution in [0.2, 0.25) is 0 Å². The predicted octanol–water partition coefficient (Wildman–Crippen LogP) is 4.81. The van der Waals surface area contributed by atoms with Gasteiger partial charge in [-0.15, -0.1) is 0 Å². The number of nitro groups is 1. The molecule has 1 N–H and O–H groups in total. The van der Waals surface area contributed by atoms with Crippen molar-refractivity contribution >= 4 is 24.6 Å². The second-order valence-corrected chi connectivity index (χ2v) is 9.11. The van der Waals surface area contributed by atoms with Crippen LogP contribution < -0.4 is 20.2 Å². The van der Waals surface area contributed by atoms with E-state index in [2.05, 4.69) is 10.3 Å². The molecule has 0 unspecified atom stereocenters. The van der Waals surface area contributed by atoms with Crippen molar-refractivity contribution in [2.75, 3.05) is 39.3 Å². The first-order valence-electron chi connectivity index (χ1n) is 10.9. The molecule has 0 radical (unpaired) electrons. The molecule has 1 heterocycles. The number of benzene rings is 2. The second-order valence-electron chi connectivity index (χ2n) is 7.18. The Balaban J connectivity index is 1.92. The Labute approximate surface area is 203 Å². The van der Waals surface area contributed by atoms with Crippen molar-refractivity contribution in [3.63, 3.8) is 0 Å². The predicted molar refractivity (Wildman–Crippen MR) is 131 cm³/mol. The molecule has 1 aromatic heterocycles. The van der Waals surface area contributed by atoms with Gasteiger partial charge < -0.3 is 28.3 Å². The number of methoxy groups -OCH3 is 2. The molecule has 0 saturated carbocycles. The van der Waals surface area contributed by atoms with Gasteiger partial charge in [-0.25, -0.2) is 0 Å². The lowest BCUT2D eigenvalue weighted by Crippen LogP contribution is -2.17. The van der Waals surface area contributed by atoms with Crippen LogP contribution in [-0.2, 0) is 20.0 Å². The van der Waals surface area contributed by atoms with Crippen LogP contribution in [0.15, 0.2) is 46.9 Å². The lowest BCUT2D eigenvalue weighted by atomic mass is 10.1. The SMILES string of the molecule is CCOP(=O)(OCC)c1nc(-c2cccc([N+](=O)[O-])c2)oc1NCCc1ccc(OC)c(OC)c1. The fourth-order valence-electron chi connectivity index (χ4n) is 3.34. The van der Waals surface area contributed by atoms with Gasteiger partial charge in [-0.1, -0.05) is 12.1 Å². The van der Waals surface area contributed by atoms with E-state index in [0.717, 1.165) is 5.56 Å². The first kappa shape index (κ1) is 26.2. The standard InChI is InChI=1S/C23H28N3O8P/c1-5-32-35(29,33-6-2)23-22(24-13-12-16-10-11-19(30-3)20(14-16)31-4)34-21(25-23)17-8-7-9-18(15-17)26(27)28/h7-11,14-15,24H,5-6,12-13H2,1-4H3. The Kier molecular flexibility index (Phi) is 8.86. The molecule has 0 aliphatic rings. The maximum atomic E-state index is 13.5. The quantitative estimate of drug-likeness (QED) is 0.196. The maximum absolute atomic E-state index is 13.5. The van der Waals surface area contributed by atoms with Crippen molar-refractivity contribution in [3.8, 4) is 23.0 Å². The highest BCUT2D eigenvalue weighted by Gasteiger charge is 2.36. The zero-order valence-electron chi connectivity index (χ0n) is 20.0. The van der Waals surface area contributed by atoms with Gasteiger partial charge in [0.2, 0.25) is 17.2 Å². The topological polar surface area (TPSA) is 135 Å². The molecule has 0 fully saturated rings. The Morgan fingerprint density at radius 2 is 1.77 bits per heavy atom. The highest BCUT2D eigenvalue weighted by molar-refractivity contribution is 7.62. The number of hydrogen-bond donors (Lipinski definition) is 1. The summed E-state index contributed by atoms with van der Waals surface area (Å²) in [6, 6.07) is 11.4. The zero-order valence-corrected chi connectivity index (χ0v) is 20.9. The molecule has 0 amide bonds. The number of nitro benzene ring substituents is 1. The summed E-state index contributed by atoms with van der Waals surface area (Å²) in [5, 5.41) is 14.3. The second kappa shape index (κ2) is 11.8. The molecule has 0 bridgehead atoms. The highest BCUT2D eigenvalue weighted by Crippen LogP contribution is 2.49. The van der Waals surface area contributed by atoms with Crippen LogP contribution in [0, 0.1) is 10.1 Å². The first-order valence-corrected chi connectivity index (χ1v) is 12.5. The third-order valence-corrected chi connectivity index (χ3v) is 6.94. The van der Waals surface area contributed by atoms with Crippen LogP contribution in [0.5, 0.6) is 11.5 Å². The minimum absolute atomic E-state index is 0.0185. The third-order valence-electron chi connectivity index (χ3n) is 4.92. The van der Waals surface area contributed by atoms with Gasteiger partial charge in [0.1, 0.15) is 0 Å². The van der Waals surface area contributed by atoms with Gasteiger partial charge in [-0.2, -0.15) is 4.98 Å². The van der Waals surface area contributed by atoms with Gasteiger partial charge in [0.25, 0.3) is 5.69 Å². The number of aromatic nitrogens is 1. The molecule has 0 saturated heterocycles. The van der Waals surface area contributed by atoms with E-state index in [9.17, 15) is 14.7 Å². The molecule has 0 aliphatic heterocycles. The van der Waals surface area contributed by atoms with Crippen LogP contribution in [0.1, 0.15) is 19.4 Å². The number of oxazole rings is 1. The lowest BCUT2D eigenvalue weighted by molar-refractivity contribution is -0.384. The molecule has 0 aliphatic carbocycles.